The van der Waals surface area contributed by atoms with Crippen molar-refractivity contribution in [2.24, 2.45) is 0 Å². The third-order valence-electron chi connectivity index (χ3n) is 4.41. The van der Waals surface area contributed by atoms with Crippen LogP contribution in [0.25, 0.3) is 0 Å². The van der Waals surface area contributed by atoms with Crippen LogP contribution in [0.5, 0.6) is 0 Å². The molecular weight excluding hydrogens is 442 g/mol. The van der Waals surface area contributed by atoms with E-state index in [1.165, 1.54) is 45.5 Å². The molecule has 0 radical (unpaired) electrons. The van der Waals surface area contributed by atoms with Crippen LogP contribution in [0.2, 0.25) is 0 Å². The fourth-order valence-electron chi connectivity index (χ4n) is 2.70. The number of methoxy groups -OCH3 is 1. The zero-order valence-electron chi connectivity index (χ0n) is 17.9. The van der Waals surface area contributed by atoms with E-state index >= 15 is 0 Å². The van der Waals surface area contributed by atoms with Crippen molar-refractivity contribution in [2.75, 3.05) is 46.2 Å². The van der Waals surface area contributed by atoms with Crippen molar-refractivity contribution < 1.29 is 26.4 Å². The Bertz CT molecular complexity index is 1110. The molecule has 1 amide bonds. The highest BCUT2D eigenvalue weighted by Crippen LogP contribution is 2.20. The summed E-state index contributed by atoms with van der Waals surface area (Å²) in [6.07, 6.45) is 0. The number of amides is 1. The zero-order valence-corrected chi connectivity index (χ0v) is 19.5. The molecule has 0 spiro atoms. The van der Waals surface area contributed by atoms with Gasteiger partial charge in [-0.1, -0.05) is 12.1 Å². The second-order valence-corrected chi connectivity index (χ2v) is 11.1. The number of ether oxygens (including phenoxy) is 1. The Morgan fingerprint density at radius 3 is 2.06 bits per heavy atom. The summed E-state index contributed by atoms with van der Waals surface area (Å²) in [7, 11) is -3.55. The molecule has 0 aromatic heterocycles. The standard InChI is InChI=1S/C20H27N3O6S2/c1-16-6-5-7-17(14-16)21-20(24)15-23(12-13-29-4)31(27,28)19-10-8-18(9-11-19)30(25,26)22(2)3/h5-11,14H,12-13,15H2,1-4H3,(H,21,24). The van der Waals surface area contributed by atoms with Crippen molar-refractivity contribution in [2.45, 2.75) is 16.7 Å². The molecule has 0 atom stereocenters. The average Bonchev–Trinajstić information content (AvgIpc) is 2.71. The molecule has 0 fully saturated rings. The SMILES string of the molecule is COCCN(CC(=O)Nc1cccc(C)c1)S(=O)(=O)c1ccc(S(=O)(=O)N(C)C)cc1. The Hall–Kier alpha value is -2.31. The molecule has 170 valence electrons. The van der Waals surface area contributed by atoms with Crippen LogP contribution < -0.4 is 5.32 Å². The Morgan fingerprint density at radius 2 is 1.55 bits per heavy atom. The number of benzene rings is 2. The van der Waals surface area contributed by atoms with Crippen molar-refractivity contribution in [3.63, 3.8) is 0 Å². The molecule has 2 aromatic rings. The number of hydrogen-bond donors (Lipinski definition) is 1. The first-order chi connectivity index (χ1) is 14.5. The van der Waals surface area contributed by atoms with Crippen LogP contribution in [-0.4, -0.2) is 72.3 Å². The van der Waals surface area contributed by atoms with E-state index in [4.69, 9.17) is 4.74 Å². The highest BCUT2D eigenvalue weighted by Gasteiger charge is 2.27. The van der Waals surface area contributed by atoms with Crippen molar-refractivity contribution in [1.29, 1.82) is 0 Å². The van der Waals surface area contributed by atoms with E-state index in [9.17, 15) is 21.6 Å². The van der Waals surface area contributed by atoms with Crippen molar-refractivity contribution >= 4 is 31.6 Å². The Balaban J connectivity index is 2.26. The van der Waals surface area contributed by atoms with E-state index in [1.807, 2.05) is 13.0 Å². The van der Waals surface area contributed by atoms with Gasteiger partial charge in [0.15, 0.2) is 0 Å². The molecular formula is C20H27N3O6S2. The summed E-state index contributed by atoms with van der Waals surface area (Å²) in [5.74, 6) is -0.503. The smallest absolute Gasteiger partial charge is 0.243 e. The number of carbonyl (C=O) groups is 1. The minimum Gasteiger partial charge on any atom is -0.383 e. The summed E-state index contributed by atoms with van der Waals surface area (Å²) in [6.45, 7) is 1.50. The number of nitrogens with one attached hydrogen (secondary N) is 1. The minimum atomic E-state index is -4.07. The number of rotatable bonds is 10. The van der Waals surface area contributed by atoms with Crippen LogP contribution in [0.3, 0.4) is 0 Å². The fraction of sp³-hybridized carbons (Fsp3) is 0.350. The monoisotopic (exact) mass is 469 g/mol. The van der Waals surface area contributed by atoms with Crippen LogP contribution in [0.1, 0.15) is 5.56 Å². The largest absolute Gasteiger partial charge is 0.383 e. The normalized spacial score (nSPS) is 12.3. The topological polar surface area (TPSA) is 113 Å². The number of carbonyl (C=O) groups excluding carboxylic acids is 1. The Kier molecular flexibility index (Phi) is 8.32. The first-order valence-electron chi connectivity index (χ1n) is 9.36. The van der Waals surface area contributed by atoms with E-state index in [2.05, 4.69) is 5.32 Å². The molecule has 0 unspecified atom stereocenters. The zero-order chi connectivity index (χ0) is 23.2. The molecule has 11 heteroatoms. The van der Waals surface area contributed by atoms with Gasteiger partial charge in [0.25, 0.3) is 0 Å². The predicted molar refractivity (Wildman–Crippen MR) is 118 cm³/mol. The average molecular weight is 470 g/mol. The van der Waals surface area contributed by atoms with Gasteiger partial charge >= 0.3 is 0 Å². The number of aryl methyl sites for hydroxylation is 1. The molecule has 0 saturated carbocycles. The highest BCUT2D eigenvalue weighted by atomic mass is 32.2. The van der Waals surface area contributed by atoms with Crippen molar-refractivity contribution in [3.05, 3.63) is 54.1 Å². The van der Waals surface area contributed by atoms with Gasteiger partial charge in [0.05, 0.1) is 22.9 Å². The maximum absolute atomic E-state index is 13.1. The predicted octanol–water partition coefficient (Wildman–Crippen LogP) is 1.52. The number of hydrogen-bond acceptors (Lipinski definition) is 6. The first-order valence-corrected chi connectivity index (χ1v) is 12.2. The van der Waals surface area contributed by atoms with Gasteiger partial charge in [-0.25, -0.2) is 21.1 Å². The minimum absolute atomic E-state index is 0.0305. The Labute approximate surface area is 183 Å². The van der Waals surface area contributed by atoms with E-state index < -0.39 is 32.5 Å². The van der Waals surface area contributed by atoms with E-state index in [0.717, 1.165) is 14.2 Å². The molecule has 31 heavy (non-hydrogen) atoms. The molecule has 2 aromatic carbocycles. The molecule has 0 saturated heterocycles. The van der Waals surface area contributed by atoms with Gasteiger partial charge in [-0.05, 0) is 48.9 Å². The molecule has 0 heterocycles. The lowest BCUT2D eigenvalue weighted by Crippen LogP contribution is -2.40. The van der Waals surface area contributed by atoms with Crippen LogP contribution in [0, 0.1) is 6.92 Å². The summed E-state index contributed by atoms with van der Waals surface area (Å²) in [5, 5.41) is 2.68. The quantitative estimate of drug-likeness (QED) is 0.565. The number of anilines is 1. The number of nitrogens with zero attached hydrogens (tertiary/aromatic N) is 2. The maximum atomic E-state index is 13.1. The van der Waals surface area contributed by atoms with Crippen LogP contribution in [0.4, 0.5) is 5.69 Å². The van der Waals surface area contributed by atoms with Crippen molar-refractivity contribution in [3.8, 4) is 0 Å². The molecule has 0 aliphatic heterocycles. The third kappa shape index (κ3) is 6.34. The second-order valence-electron chi connectivity index (χ2n) is 7.01. The van der Waals surface area contributed by atoms with Gasteiger partial charge in [-0.15, -0.1) is 0 Å². The summed E-state index contributed by atoms with van der Waals surface area (Å²) in [6, 6.07) is 12.0. The van der Waals surface area contributed by atoms with Crippen molar-refractivity contribution in [1.82, 2.24) is 8.61 Å². The molecule has 9 nitrogen and oxygen atoms in total. The van der Waals surface area contributed by atoms with Gasteiger partial charge in [0.1, 0.15) is 0 Å². The lowest BCUT2D eigenvalue weighted by Gasteiger charge is -2.22. The van der Waals surface area contributed by atoms with Crippen LogP contribution in [0.15, 0.2) is 58.3 Å². The van der Waals surface area contributed by atoms with Crippen LogP contribution in [-0.2, 0) is 29.6 Å². The summed E-state index contributed by atoms with van der Waals surface area (Å²) in [5.41, 5.74) is 1.52. The molecule has 0 aliphatic rings. The van der Waals surface area contributed by atoms with Gasteiger partial charge in [-0.3, -0.25) is 4.79 Å². The summed E-state index contributed by atoms with van der Waals surface area (Å²) in [4.78, 5) is 12.3. The van der Waals surface area contributed by atoms with Gasteiger partial charge in [0, 0.05) is 33.4 Å². The molecule has 0 aliphatic carbocycles. The molecule has 2 rings (SSSR count). The maximum Gasteiger partial charge on any atom is 0.243 e. The highest BCUT2D eigenvalue weighted by molar-refractivity contribution is 7.89. The molecule has 1 N–H and O–H groups in total. The van der Waals surface area contributed by atoms with Gasteiger partial charge < -0.3 is 10.1 Å². The lowest BCUT2D eigenvalue weighted by molar-refractivity contribution is -0.116. The molecule has 0 bridgehead atoms. The first kappa shape index (κ1) is 25.0. The van der Waals surface area contributed by atoms with Crippen LogP contribution >= 0.6 is 0 Å². The van der Waals surface area contributed by atoms with Gasteiger partial charge in [-0.2, -0.15) is 4.31 Å². The van der Waals surface area contributed by atoms with E-state index in [-0.39, 0.29) is 22.9 Å². The lowest BCUT2D eigenvalue weighted by atomic mass is 10.2. The second kappa shape index (κ2) is 10.3. The van der Waals surface area contributed by atoms with E-state index in [0.29, 0.717) is 5.69 Å². The summed E-state index contributed by atoms with van der Waals surface area (Å²) >= 11 is 0. The summed E-state index contributed by atoms with van der Waals surface area (Å²) < 4.78 is 57.6. The van der Waals surface area contributed by atoms with E-state index in [1.54, 1.807) is 18.2 Å². The Morgan fingerprint density at radius 1 is 0.968 bits per heavy atom. The van der Waals surface area contributed by atoms with Gasteiger partial charge in [0.2, 0.25) is 26.0 Å². The third-order valence-corrected chi connectivity index (χ3v) is 8.10. The fourth-order valence-corrected chi connectivity index (χ4v) is 4.99. The number of sulfonamides is 2.